The first-order chi connectivity index (χ1) is 7.90. The summed E-state index contributed by atoms with van der Waals surface area (Å²) < 4.78 is 0. The van der Waals surface area contributed by atoms with Crippen molar-refractivity contribution in [1.29, 1.82) is 0 Å². The van der Waals surface area contributed by atoms with Crippen molar-refractivity contribution >= 4 is 0 Å². The van der Waals surface area contributed by atoms with Gasteiger partial charge in [0, 0.05) is 25.7 Å². The van der Waals surface area contributed by atoms with Crippen LogP contribution in [0.3, 0.4) is 0 Å². The Labute approximate surface area is 101 Å². The summed E-state index contributed by atoms with van der Waals surface area (Å²) >= 11 is 0. The number of piperidine rings is 1. The maximum Gasteiger partial charge on any atom is 0.0110 e. The van der Waals surface area contributed by atoms with Gasteiger partial charge in [-0.25, -0.2) is 0 Å². The lowest BCUT2D eigenvalue weighted by atomic mass is 10.1. The van der Waals surface area contributed by atoms with Crippen molar-refractivity contribution in [2.45, 2.75) is 57.9 Å². The van der Waals surface area contributed by atoms with Gasteiger partial charge in [-0.05, 0) is 38.1 Å². The molecule has 2 bridgehead atoms. The Kier molecular flexibility index (Phi) is 5.11. The van der Waals surface area contributed by atoms with Gasteiger partial charge in [-0.2, -0.15) is 0 Å². The molecule has 2 atom stereocenters. The van der Waals surface area contributed by atoms with Gasteiger partial charge >= 0.3 is 0 Å². The Hall–Kier alpha value is -0.0800. The fraction of sp³-hybridized carbons (Fsp3) is 1.00. The standard InChI is InChI=1S/C14H28N2/c1-2-3-4-5-8-15-9-10-16-12-13-6-7-14(16)11-13/h13-15H,2-12H2,1H3. The fourth-order valence-electron chi connectivity index (χ4n) is 3.33. The maximum absolute atomic E-state index is 3.59. The van der Waals surface area contributed by atoms with Crippen molar-refractivity contribution in [3.63, 3.8) is 0 Å². The Morgan fingerprint density at radius 1 is 1.12 bits per heavy atom. The van der Waals surface area contributed by atoms with Gasteiger partial charge in [0.15, 0.2) is 0 Å². The van der Waals surface area contributed by atoms with Gasteiger partial charge in [0.05, 0.1) is 0 Å². The highest BCUT2D eigenvalue weighted by Gasteiger charge is 2.36. The predicted molar refractivity (Wildman–Crippen MR) is 69.7 cm³/mol. The van der Waals surface area contributed by atoms with Gasteiger partial charge in [0.25, 0.3) is 0 Å². The van der Waals surface area contributed by atoms with Crippen LogP contribution in [-0.4, -0.2) is 37.1 Å². The molecule has 0 aromatic carbocycles. The van der Waals surface area contributed by atoms with Gasteiger partial charge in [-0.15, -0.1) is 0 Å². The summed E-state index contributed by atoms with van der Waals surface area (Å²) in [6, 6.07) is 0.951. The molecule has 94 valence electrons. The van der Waals surface area contributed by atoms with Crippen molar-refractivity contribution in [1.82, 2.24) is 10.2 Å². The SMILES string of the molecule is CCCCCCNCCN1CC2CCC1C2. The summed E-state index contributed by atoms with van der Waals surface area (Å²) in [6.07, 6.45) is 9.98. The third kappa shape index (κ3) is 3.46. The lowest BCUT2D eigenvalue weighted by Crippen LogP contribution is -2.37. The third-order valence-electron chi connectivity index (χ3n) is 4.31. The molecule has 1 saturated heterocycles. The van der Waals surface area contributed by atoms with Crippen LogP contribution in [0.25, 0.3) is 0 Å². The van der Waals surface area contributed by atoms with Crippen molar-refractivity contribution in [2.24, 2.45) is 5.92 Å². The molecule has 1 saturated carbocycles. The lowest BCUT2D eigenvalue weighted by Gasteiger charge is -2.26. The van der Waals surface area contributed by atoms with E-state index in [1.807, 2.05) is 0 Å². The van der Waals surface area contributed by atoms with Gasteiger partial charge in [-0.1, -0.05) is 26.2 Å². The number of nitrogens with one attached hydrogen (secondary N) is 1. The first kappa shape index (κ1) is 12.4. The zero-order valence-electron chi connectivity index (χ0n) is 10.9. The van der Waals surface area contributed by atoms with Crippen LogP contribution in [0.5, 0.6) is 0 Å². The number of hydrogen-bond acceptors (Lipinski definition) is 2. The molecule has 1 heterocycles. The van der Waals surface area contributed by atoms with E-state index in [4.69, 9.17) is 0 Å². The Balaban J connectivity index is 1.43. The molecule has 2 unspecified atom stereocenters. The van der Waals surface area contributed by atoms with E-state index in [-0.39, 0.29) is 0 Å². The van der Waals surface area contributed by atoms with Crippen LogP contribution in [0, 0.1) is 5.92 Å². The molecule has 1 aliphatic carbocycles. The molecule has 0 radical (unpaired) electrons. The van der Waals surface area contributed by atoms with E-state index in [2.05, 4.69) is 17.1 Å². The molecule has 0 aromatic heterocycles. The van der Waals surface area contributed by atoms with Crippen LogP contribution >= 0.6 is 0 Å². The molecule has 2 heteroatoms. The van der Waals surface area contributed by atoms with E-state index in [0.29, 0.717) is 0 Å². The summed E-state index contributed by atoms with van der Waals surface area (Å²) in [7, 11) is 0. The van der Waals surface area contributed by atoms with Crippen molar-refractivity contribution in [3.8, 4) is 0 Å². The Morgan fingerprint density at radius 2 is 2.06 bits per heavy atom. The van der Waals surface area contributed by atoms with Gasteiger partial charge < -0.3 is 5.32 Å². The number of rotatable bonds is 8. The molecule has 1 aliphatic heterocycles. The quantitative estimate of drug-likeness (QED) is 0.638. The first-order valence-electron chi connectivity index (χ1n) is 7.35. The minimum atomic E-state index is 0.951. The number of fused-ring (bicyclic) bond motifs is 2. The topological polar surface area (TPSA) is 15.3 Å². The van der Waals surface area contributed by atoms with Crippen LogP contribution in [0.4, 0.5) is 0 Å². The third-order valence-corrected chi connectivity index (χ3v) is 4.31. The van der Waals surface area contributed by atoms with E-state index in [1.165, 1.54) is 71.1 Å². The molecule has 0 amide bonds. The molecule has 2 aliphatic rings. The molecule has 1 N–H and O–H groups in total. The highest BCUT2D eigenvalue weighted by molar-refractivity contribution is 4.91. The van der Waals surface area contributed by atoms with E-state index in [9.17, 15) is 0 Å². The second kappa shape index (κ2) is 6.61. The lowest BCUT2D eigenvalue weighted by molar-refractivity contribution is 0.214. The first-order valence-corrected chi connectivity index (χ1v) is 7.35. The van der Waals surface area contributed by atoms with Crippen LogP contribution in [-0.2, 0) is 0 Å². The minimum Gasteiger partial charge on any atom is -0.315 e. The monoisotopic (exact) mass is 224 g/mol. The molecule has 2 fully saturated rings. The summed E-state index contributed by atoms with van der Waals surface area (Å²) in [5.41, 5.74) is 0. The Morgan fingerprint density at radius 3 is 2.75 bits per heavy atom. The summed E-state index contributed by atoms with van der Waals surface area (Å²) in [5.74, 6) is 1.05. The van der Waals surface area contributed by atoms with Gasteiger partial charge in [0.1, 0.15) is 0 Å². The van der Waals surface area contributed by atoms with E-state index in [1.54, 1.807) is 0 Å². The van der Waals surface area contributed by atoms with Crippen LogP contribution in [0.2, 0.25) is 0 Å². The summed E-state index contributed by atoms with van der Waals surface area (Å²) in [6.45, 7) is 7.38. The number of unbranched alkanes of at least 4 members (excludes halogenated alkanes) is 3. The molecular formula is C14H28N2. The summed E-state index contributed by atoms with van der Waals surface area (Å²) in [4.78, 5) is 2.72. The molecule has 2 nitrogen and oxygen atoms in total. The highest BCUT2D eigenvalue weighted by atomic mass is 15.2. The van der Waals surface area contributed by atoms with E-state index < -0.39 is 0 Å². The predicted octanol–water partition coefficient (Wildman–Crippen LogP) is 2.64. The molecule has 2 rings (SSSR count). The van der Waals surface area contributed by atoms with Crippen molar-refractivity contribution in [2.75, 3.05) is 26.2 Å². The van der Waals surface area contributed by atoms with Gasteiger partial charge in [0.2, 0.25) is 0 Å². The highest BCUT2D eigenvalue weighted by Crippen LogP contribution is 2.36. The normalized spacial score (nSPS) is 29.1. The molecule has 16 heavy (non-hydrogen) atoms. The van der Waals surface area contributed by atoms with Crippen molar-refractivity contribution in [3.05, 3.63) is 0 Å². The van der Waals surface area contributed by atoms with Gasteiger partial charge in [-0.3, -0.25) is 4.90 Å². The Bertz CT molecular complexity index is 193. The maximum atomic E-state index is 3.59. The second-order valence-electron chi connectivity index (χ2n) is 5.64. The van der Waals surface area contributed by atoms with E-state index in [0.717, 1.165) is 12.0 Å². The van der Waals surface area contributed by atoms with Crippen molar-refractivity contribution < 1.29 is 0 Å². The van der Waals surface area contributed by atoms with Crippen LogP contribution in [0.15, 0.2) is 0 Å². The number of likely N-dealkylation sites (tertiary alicyclic amines) is 1. The molecule has 0 spiro atoms. The smallest absolute Gasteiger partial charge is 0.0110 e. The fourth-order valence-corrected chi connectivity index (χ4v) is 3.33. The largest absolute Gasteiger partial charge is 0.315 e. The summed E-state index contributed by atoms with van der Waals surface area (Å²) in [5, 5.41) is 3.59. The van der Waals surface area contributed by atoms with Crippen LogP contribution in [0.1, 0.15) is 51.9 Å². The molecular weight excluding hydrogens is 196 g/mol. The average molecular weight is 224 g/mol. The number of nitrogens with zero attached hydrogens (tertiary/aromatic N) is 1. The zero-order chi connectivity index (χ0) is 11.2. The number of hydrogen-bond donors (Lipinski definition) is 1. The second-order valence-corrected chi connectivity index (χ2v) is 5.64. The minimum absolute atomic E-state index is 0.951. The molecule has 0 aromatic rings. The average Bonchev–Trinajstić information content (AvgIpc) is 2.90. The van der Waals surface area contributed by atoms with Crippen LogP contribution < -0.4 is 5.32 Å². The zero-order valence-corrected chi connectivity index (χ0v) is 10.9. The van der Waals surface area contributed by atoms with E-state index >= 15 is 0 Å².